The van der Waals surface area contributed by atoms with Crippen LogP contribution >= 0.6 is 15.9 Å². The number of nitrogens with zero attached hydrogens (tertiary/aromatic N) is 3. The van der Waals surface area contributed by atoms with Crippen molar-refractivity contribution in [1.82, 2.24) is 9.78 Å². The molecule has 1 heterocycles. The summed E-state index contributed by atoms with van der Waals surface area (Å²) in [5.74, 6) is -0.363. The molecule has 0 aliphatic heterocycles. The third-order valence-corrected chi connectivity index (χ3v) is 4.52. The van der Waals surface area contributed by atoms with E-state index in [0.717, 1.165) is 10.7 Å². The lowest BCUT2D eigenvalue weighted by atomic mass is 10.2. The fourth-order valence-electron chi connectivity index (χ4n) is 2.23. The molecule has 12 heteroatoms. The van der Waals surface area contributed by atoms with Gasteiger partial charge in [0.2, 0.25) is 5.91 Å². The number of halogens is 4. The number of anilines is 1. The lowest BCUT2D eigenvalue weighted by Gasteiger charge is -2.08. The molecule has 1 N–H and O–H groups in total. The molecule has 2 aromatic rings. The van der Waals surface area contributed by atoms with Crippen molar-refractivity contribution in [3.05, 3.63) is 44.2 Å². The van der Waals surface area contributed by atoms with Gasteiger partial charge in [-0.25, -0.2) is 0 Å². The summed E-state index contributed by atoms with van der Waals surface area (Å²) < 4.78 is 44.4. The number of benzene rings is 1. The van der Waals surface area contributed by atoms with E-state index < -0.39 is 22.7 Å². The number of ether oxygens (including phenoxy) is 1. The van der Waals surface area contributed by atoms with Gasteiger partial charge in [0, 0.05) is 18.6 Å². The van der Waals surface area contributed by atoms with Crippen LogP contribution in [0.25, 0.3) is 0 Å². The molecule has 0 saturated carbocycles. The molecule has 0 aliphatic rings. The molecule has 1 amide bonds. The largest absolute Gasteiger partial charge is 0.496 e. The topological polar surface area (TPSA) is 99.3 Å². The second-order valence-electron chi connectivity index (χ2n) is 5.44. The Kier molecular flexibility index (Phi) is 6.08. The molecule has 0 saturated heterocycles. The molecule has 0 bridgehead atoms. The molecule has 146 valence electrons. The maximum Gasteiger partial charge on any atom is 0.436 e. The van der Waals surface area contributed by atoms with Crippen molar-refractivity contribution in [3.63, 3.8) is 0 Å². The van der Waals surface area contributed by atoms with Crippen molar-refractivity contribution in [2.24, 2.45) is 0 Å². The molecule has 0 aliphatic carbocycles. The van der Waals surface area contributed by atoms with E-state index in [4.69, 9.17) is 4.74 Å². The Morgan fingerprint density at radius 2 is 2.07 bits per heavy atom. The van der Waals surface area contributed by atoms with Crippen molar-refractivity contribution in [3.8, 4) is 5.75 Å². The molecule has 0 unspecified atom stereocenters. The normalized spacial score (nSPS) is 11.3. The van der Waals surface area contributed by atoms with Crippen LogP contribution in [0.3, 0.4) is 0 Å². The molecule has 1 aromatic carbocycles. The van der Waals surface area contributed by atoms with Crippen LogP contribution in [0, 0.1) is 17.0 Å². The van der Waals surface area contributed by atoms with E-state index in [2.05, 4.69) is 26.3 Å². The Morgan fingerprint density at radius 1 is 1.41 bits per heavy atom. The molecule has 2 rings (SSSR count). The number of non-ortho nitro benzene ring substituents is 1. The number of aromatic nitrogens is 2. The number of rotatable bonds is 6. The van der Waals surface area contributed by atoms with E-state index in [9.17, 15) is 28.1 Å². The van der Waals surface area contributed by atoms with Gasteiger partial charge in [-0.2, -0.15) is 18.3 Å². The Bertz CT molecular complexity index is 883. The van der Waals surface area contributed by atoms with Gasteiger partial charge in [0.05, 0.1) is 40.5 Å². The zero-order chi connectivity index (χ0) is 20.4. The van der Waals surface area contributed by atoms with Crippen LogP contribution in [0.15, 0.2) is 22.7 Å². The van der Waals surface area contributed by atoms with Crippen molar-refractivity contribution in [1.29, 1.82) is 0 Å². The molecule has 0 radical (unpaired) electrons. The first-order valence-electron chi connectivity index (χ1n) is 7.46. The van der Waals surface area contributed by atoms with Crippen molar-refractivity contribution < 1.29 is 27.6 Å². The minimum Gasteiger partial charge on any atom is -0.496 e. The molecule has 0 atom stereocenters. The SMILES string of the molecule is COc1cc(NC(=O)CCn2nc(C(F)(F)F)c(Br)c2C)cc([N+](=O)[O-])c1. The fraction of sp³-hybridized carbons (Fsp3) is 0.333. The summed E-state index contributed by atoms with van der Waals surface area (Å²) in [4.78, 5) is 22.3. The van der Waals surface area contributed by atoms with Crippen LogP contribution in [-0.4, -0.2) is 27.7 Å². The lowest BCUT2D eigenvalue weighted by Crippen LogP contribution is -2.16. The smallest absolute Gasteiger partial charge is 0.436 e. The highest BCUT2D eigenvalue weighted by Crippen LogP contribution is 2.35. The quantitative estimate of drug-likeness (QED) is 0.530. The Hall–Kier alpha value is -2.63. The summed E-state index contributed by atoms with van der Waals surface area (Å²) >= 11 is 2.85. The molecular weight excluding hydrogens is 437 g/mol. The summed E-state index contributed by atoms with van der Waals surface area (Å²) in [7, 11) is 1.32. The van der Waals surface area contributed by atoms with Crippen molar-refractivity contribution in [2.75, 3.05) is 12.4 Å². The Morgan fingerprint density at radius 3 is 2.59 bits per heavy atom. The van der Waals surface area contributed by atoms with Crippen LogP contribution in [0.4, 0.5) is 24.5 Å². The van der Waals surface area contributed by atoms with Crippen LogP contribution in [0.2, 0.25) is 0 Å². The number of carbonyl (C=O) groups is 1. The van der Waals surface area contributed by atoms with Crippen LogP contribution in [-0.2, 0) is 17.5 Å². The first kappa shape index (κ1) is 20.7. The first-order valence-corrected chi connectivity index (χ1v) is 8.25. The van der Waals surface area contributed by atoms with Gasteiger partial charge in [0.15, 0.2) is 5.69 Å². The van der Waals surface area contributed by atoms with E-state index in [-0.39, 0.29) is 40.3 Å². The van der Waals surface area contributed by atoms with Gasteiger partial charge < -0.3 is 10.1 Å². The summed E-state index contributed by atoms with van der Waals surface area (Å²) in [6, 6.07) is 3.74. The van der Waals surface area contributed by atoms with Crippen molar-refractivity contribution in [2.45, 2.75) is 26.1 Å². The highest BCUT2D eigenvalue weighted by Gasteiger charge is 2.37. The maximum atomic E-state index is 12.9. The summed E-state index contributed by atoms with van der Waals surface area (Å²) in [6.07, 6.45) is -4.80. The number of hydrogen-bond donors (Lipinski definition) is 1. The second-order valence-corrected chi connectivity index (χ2v) is 6.24. The van der Waals surface area contributed by atoms with Crippen molar-refractivity contribution >= 4 is 33.2 Å². The third kappa shape index (κ3) is 4.96. The molecular formula is C15H14BrF3N4O4. The van der Waals surface area contributed by atoms with Gasteiger partial charge in [-0.3, -0.25) is 19.6 Å². The monoisotopic (exact) mass is 450 g/mol. The minimum atomic E-state index is -4.61. The second kappa shape index (κ2) is 7.94. The number of carbonyl (C=O) groups excluding carboxylic acids is 1. The van der Waals surface area contributed by atoms with E-state index in [1.165, 1.54) is 26.2 Å². The standard InChI is InChI=1S/C15H14BrF3N4O4/c1-8-13(16)14(15(17,18)19)21-22(8)4-3-12(24)20-9-5-10(23(25)26)7-11(6-9)27-2/h5-7H,3-4H2,1-2H3,(H,20,24). The van der Waals surface area contributed by atoms with E-state index in [0.29, 0.717) is 0 Å². The maximum absolute atomic E-state index is 12.9. The lowest BCUT2D eigenvalue weighted by molar-refractivity contribution is -0.384. The van der Waals surface area contributed by atoms with E-state index >= 15 is 0 Å². The van der Waals surface area contributed by atoms with Gasteiger partial charge in [-0.15, -0.1) is 0 Å². The number of alkyl halides is 3. The average molecular weight is 451 g/mol. The summed E-state index contributed by atoms with van der Waals surface area (Å²) in [5, 5.41) is 16.8. The van der Waals surface area contributed by atoms with Crippen LogP contribution in [0.1, 0.15) is 17.8 Å². The number of amides is 1. The van der Waals surface area contributed by atoms with E-state index in [1.54, 1.807) is 0 Å². The highest BCUT2D eigenvalue weighted by atomic mass is 79.9. The zero-order valence-corrected chi connectivity index (χ0v) is 15.7. The molecule has 0 spiro atoms. The Labute approximate surface area is 159 Å². The number of nitro benzene ring substituents is 1. The zero-order valence-electron chi connectivity index (χ0n) is 14.1. The Balaban J connectivity index is 2.09. The minimum absolute atomic E-state index is 0.0988. The van der Waals surface area contributed by atoms with Gasteiger partial charge in [-0.1, -0.05) is 0 Å². The molecule has 27 heavy (non-hydrogen) atoms. The average Bonchev–Trinajstić information content (AvgIpc) is 2.87. The number of aryl methyl sites for hydroxylation is 1. The molecule has 0 fully saturated rings. The predicted molar refractivity (Wildman–Crippen MR) is 92.6 cm³/mol. The summed E-state index contributed by atoms with van der Waals surface area (Å²) in [5.41, 5.74) is -0.970. The first-order chi connectivity index (χ1) is 12.5. The third-order valence-electron chi connectivity index (χ3n) is 3.57. The summed E-state index contributed by atoms with van der Waals surface area (Å²) in [6.45, 7) is 1.34. The predicted octanol–water partition coefficient (Wildman–Crippen LogP) is 3.92. The molecule has 8 nitrogen and oxygen atoms in total. The number of methoxy groups -OCH3 is 1. The van der Waals surface area contributed by atoms with Gasteiger partial charge in [0.25, 0.3) is 5.69 Å². The fourth-order valence-corrected chi connectivity index (χ4v) is 2.74. The molecule has 1 aromatic heterocycles. The highest BCUT2D eigenvalue weighted by molar-refractivity contribution is 9.10. The van der Waals surface area contributed by atoms with Gasteiger partial charge in [0.1, 0.15) is 5.75 Å². The van der Waals surface area contributed by atoms with Gasteiger partial charge in [-0.05, 0) is 22.9 Å². The number of hydrogen-bond acceptors (Lipinski definition) is 5. The number of nitro groups is 1. The number of nitrogens with one attached hydrogen (secondary N) is 1. The van der Waals surface area contributed by atoms with Crippen LogP contribution < -0.4 is 10.1 Å². The van der Waals surface area contributed by atoms with Crippen LogP contribution in [0.5, 0.6) is 5.75 Å². The van der Waals surface area contributed by atoms with Gasteiger partial charge >= 0.3 is 6.18 Å². The van der Waals surface area contributed by atoms with E-state index in [1.807, 2.05) is 0 Å².